The quantitative estimate of drug-likeness (QED) is 0.257. The number of nitriles is 1. The van der Waals surface area contributed by atoms with Gasteiger partial charge in [0.15, 0.2) is 5.83 Å². The Morgan fingerprint density at radius 1 is 1.04 bits per heavy atom. The lowest BCUT2D eigenvalue weighted by Gasteiger charge is -2.31. The summed E-state index contributed by atoms with van der Waals surface area (Å²) in [5.74, 6) is 0.748. The Hall–Kier alpha value is -1.37. The van der Waals surface area contributed by atoms with Gasteiger partial charge >= 0.3 is 5.97 Å². The van der Waals surface area contributed by atoms with Gasteiger partial charge in [0, 0.05) is 0 Å². The summed E-state index contributed by atoms with van der Waals surface area (Å²) in [7, 11) is 0. The molecule has 0 aliphatic heterocycles. The molecule has 0 aromatic rings. The van der Waals surface area contributed by atoms with E-state index in [4.69, 9.17) is 10.00 Å². The van der Waals surface area contributed by atoms with Gasteiger partial charge in [0.2, 0.25) is 0 Å². The second-order valence-electron chi connectivity index (χ2n) is 8.53. The Bertz CT molecular complexity index is 509. The number of carbonyl (C=O) groups excluding carboxylic acids is 1. The summed E-state index contributed by atoms with van der Waals surface area (Å²) < 4.78 is 18.7. The van der Waals surface area contributed by atoms with Gasteiger partial charge in [-0.25, -0.2) is 0 Å². The Morgan fingerprint density at radius 3 is 2.30 bits per heavy atom. The van der Waals surface area contributed by atoms with Crippen LogP contribution < -0.4 is 0 Å². The summed E-state index contributed by atoms with van der Waals surface area (Å²) in [4.78, 5) is 12.5. The molecule has 0 N–H and O–H groups in total. The van der Waals surface area contributed by atoms with Gasteiger partial charge in [-0.15, -0.1) is 0 Å². The maximum Gasteiger partial charge on any atom is 0.309 e. The van der Waals surface area contributed by atoms with Gasteiger partial charge in [-0.2, -0.15) is 9.65 Å². The fourth-order valence-corrected chi connectivity index (χ4v) is 4.66. The largest absolute Gasteiger partial charge is 0.462 e. The number of ether oxygens (including phenoxy) is 1. The molecule has 0 aromatic carbocycles. The predicted octanol–water partition coefficient (Wildman–Crippen LogP) is 6.63. The Kier molecular flexibility index (Phi) is 9.87. The minimum Gasteiger partial charge on any atom is -0.462 e. The first-order chi connectivity index (χ1) is 13.1. The monoisotopic (exact) mass is 377 g/mol. The van der Waals surface area contributed by atoms with Crippen molar-refractivity contribution in [3.63, 3.8) is 0 Å². The van der Waals surface area contributed by atoms with Crippen LogP contribution in [0.25, 0.3) is 0 Å². The summed E-state index contributed by atoms with van der Waals surface area (Å²) in [6.07, 6.45) is 16.6. The highest BCUT2D eigenvalue weighted by atomic mass is 19.1. The molecule has 4 heteroatoms. The summed E-state index contributed by atoms with van der Waals surface area (Å²) in [6.45, 7) is 2.25. The standard InChI is InChI=1S/C23H36FNO2/c1-2-3-4-6-18-11-15-22(16-12-18)27-23(26)20-13-9-19(10-14-20)7-5-8-21(24)17-25/h8,18-20,22H,2-7,9-16H2,1H3/t18-,19-,20-,22-. The predicted molar refractivity (Wildman–Crippen MR) is 105 cm³/mol. The first kappa shape index (κ1) is 21.9. The minimum atomic E-state index is -0.688. The zero-order valence-corrected chi connectivity index (χ0v) is 16.9. The molecule has 0 atom stereocenters. The van der Waals surface area contributed by atoms with Crippen LogP contribution in [0.4, 0.5) is 4.39 Å². The average Bonchev–Trinajstić information content (AvgIpc) is 2.70. The Labute approximate surface area is 164 Å². The molecular weight excluding hydrogens is 341 g/mol. The molecule has 0 bridgehead atoms. The van der Waals surface area contributed by atoms with Crippen LogP contribution in [-0.2, 0) is 9.53 Å². The second-order valence-corrected chi connectivity index (χ2v) is 8.53. The number of unbranched alkanes of at least 4 members (excludes halogenated alkanes) is 2. The van der Waals surface area contributed by atoms with E-state index in [2.05, 4.69) is 6.92 Å². The first-order valence-corrected chi connectivity index (χ1v) is 11.1. The number of carbonyl (C=O) groups is 1. The van der Waals surface area contributed by atoms with Gasteiger partial charge in [-0.1, -0.05) is 32.6 Å². The van der Waals surface area contributed by atoms with Crippen molar-refractivity contribution < 1.29 is 13.9 Å². The third-order valence-electron chi connectivity index (χ3n) is 6.48. The highest BCUT2D eigenvalue weighted by Crippen LogP contribution is 2.34. The zero-order chi connectivity index (χ0) is 19.5. The van der Waals surface area contributed by atoms with Crippen molar-refractivity contribution in [2.45, 2.75) is 103 Å². The van der Waals surface area contributed by atoms with E-state index < -0.39 is 5.83 Å². The molecule has 0 saturated heterocycles. The molecule has 0 heterocycles. The molecule has 2 fully saturated rings. The van der Waals surface area contributed by atoms with Crippen molar-refractivity contribution in [1.82, 2.24) is 0 Å². The normalized spacial score (nSPS) is 29.1. The van der Waals surface area contributed by atoms with Crippen LogP contribution in [0.1, 0.15) is 96.8 Å². The van der Waals surface area contributed by atoms with Crippen LogP contribution in [0.5, 0.6) is 0 Å². The first-order valence-electron chi connectivity index (χ1n) is 11.1. The lowest BCUT2D eigenvalue weighted by atomic mass is 9.80. The van der Waals surface area contributed by atoms with E-state index in [-0.39, 0.29) is 18.0 Å². The molecule has 3 nitrogen and oxygen atoms in total. The molecular formula is C23H36FNO2. The van der Waals surface area contributed by atoms with Crippen LogP contribution in [-0.4, -0.2) is 12.1 Å². The molecule has 2 saturated carbocycles. The third-order valence-corrected chi connectivity index (χ3v) is 6.48. The fourth-order valence-electron chi connectivity index (χ4n) is 4.66. The van der Waals surface area contributed by atoms with Crippen LogP contribution in [0, 0.1) is 29.1 Å². The van der Waals surface area contributed by atoms with E-state index in [0.29, 0.717) is 12.3 Å². The van der Waals surface area contributed by atoms with E-state index in [1.54, 1.807) is 0 Å². The molecule has 2 rings (SSSR count). The van der Waals surface area contributed by atoms with Crippen molar-refractivity contribution in [2.75, 3.05) is 0 Å². The SMILES string of the molecule is CCCCC[C@H]1CC[C@H](OC(=O)[C@H]2CC[C@H](CCC=C(F)C#N)CC2)CC1. The molecule has 0 unspecified atom stereocenters. The van der Waals surface area contributed by atoms with Crippen molar-refractivity contribution >= 4 is 5.97 Å². The molecule has 0 amide bonds. The van der Waals surface area contributed by atoms with Gasteiger partial charge in [-0.05, 0) is 82.1 Å². The van der Waals surface area contributed by atoms with Crippen LogP contribution in [0.2, 0.25) is 0 Å². The number of hydrogen-bond acceptors (Lipinski definition) is 3. The second kappa shape index (κ2) is 12.2. The molecule has 0 aromatic heterocycles. The van der Waals surface area contributed by atoms with E-state index in [1.165, 1.54) is 50.7 Å². The van der Waals surface area contributed by atoms with Crippen molar-refractivity contribution in [2.24, 2.45) is 17.8 Å². The van der Waals surface area contributed by atoms with Crippen molar-refractivity contribution in [1.29, 1.82) is 5.26 Å². The highest BCUT2D eigenvalue weighted by Gasteiger charge is 2.30. The van der Waals surface area contributed by atoms with E-state index in [9.17, 15) is 9.18 Å². The summed E-state index contributed by atoms with van der Waals surface area (Å²) >= 11 is 0. The van der Waals surface area contributed by atoms with Gasteiger partial charge in [0.05, 0.1) is 5.92 Å². The maximum atomic E-state index is 12.8. The number of nitrogens with zero attached hydrogens (tertiary/aromatic N) is 1. The lowest BCUT2D eigenvalue weighted by Crippen LogP contribution is -2.30. The topological polar surface area (TPSA) is 50.1 Å². The average molecular weight is 378 g/mol. The lowest BCUT2D eigenvalue weighted by molar-refractivity contribution is -0.157. The molecule has 0 radical (unpaired) electrons. The number of allylic oxidation sites excluding steroid dienone is 2. The number of esters is 1. The molecule has 2 aliphatic rings. The molecule has 2 aliphatic carbocycles. The summed E-state index contributed by atoms with van der Waals surface area (Å²) in [5.41, 5.74) is 0. The smallest absolute Gasteiger partial charge is 0.309 e. The van der Waals surface area contributed by atoms with Crippen molar-refractivity contribution in [3.8, 4) is 6.07 Å². The number of rotatable bonds is 9. The van der Waals surface area contributed by atoms with Crippen LogP contribution in [0.15, 0.2) is 11.9 Å². The number of hydrogen-bond donors (Lipinski definition) is 0. The minimum absolute atomic E-state index is 0.0123. The highest BCUT2D eigenvalue weighted by molar-refractivity contribution is 5.72. The van der Waals surface area contributed by atoms with Gasteiger partial charge < -0.3 is 4.74 Å². The number of halogens is 1. The van der Waals surface area contributed by atoms with Crippen molar-refractivity contribution in [3.05, 3.63) is 11.9 Å². The van der Waals surface area contributed by atoms with Gasteiger partial charge in [-0.3, -0.25) is 4.79 Å². The molecule has 27 heavy (non-hydrogen) atoms. The van der Waals surface area contributed by atoms with Crippen LogP contribution in [0.3, 0.4) is 0 Å². The fraction of sp³-hybridized carbons (Fsp3) is 0.826. The van der Waals surface area contributed by atoms with E-state index in [1.807, 2.05) is 0 Å². The summed E-state index contributed by atoms with van der Waals surface area (Å²) in [6, 6.07) is 1.51. The zero-order valence-electron chi connectivity index (χ0n) is 16.9. The maximum absolute atomic E-state index is 12.8. The van der Waals surface area contributed by atoms with E-state index in [0.717, 1.165) is 50.9 Å². The van der Waals surface area contributed by atoms with Crippen LogP contribution >= 0.6 is 0 Å². The molecule has 0 spiro atoms. The van der Waals surface area contributed by atoms with Gasteiger partial charge in [0.1, 0.15) is 12.2 Å². The summed E-state index contributed by atoms with van der Waals surface area (Å²) in [5, 5.41) is 8.42. The Balaban J connectivity index is 1.60. The molecule has 152 valence electrons. The third kappa shape index (κ3) is 8.03. The Morgan fingerprint density at radius 2 is 1.67 bits per heavy atom. The van der Waals surface area contributed by atoms with Gasteiger partial charge in [0.25, 0.3) is 0 Å². The van der Waals surface area contributed by atoms with E-state index >= 15 is 0 Å².